The van der Waals surface area contributed by atoms with E-state index < -0.39 is 10.2 Å². The van der Waals surface area contributed by atoms with Crippen LogP contribution < -0.4 is 5.32 Å². The summed E-state index contributed by atoms with van der Waals surface area (Å²) in [5.41, 5.74) is 2.41. The highest BCUT2D eigenvalue weighted by molar-refractivity contribution is 7.86. The van der Waals surface area contributed by atoms with Gasteiger partial charge in [-0.2, -0.15) is 17.0 Å². The van der Waals surface area contributed by atoms with Crippen molar-refractivity contribution in [2.45, 2.75) is 39.0 Å². The van der Waals surface area contributed by atoms with Crippen molar-refractivity contribution < 1.29 is 13.2 Å². The Balaban J connectivity index is 1.50. The van der Waals surface area contributed by atoms with Gasteiger partial charge in [0.2, 0.25) is 5.91 Å². The zero-order chi connectivity index (χ0) is 18.6. The molecule has 1 aromatic rings. The summed E-state index contributed by atoms with van der Waals surface area (Å²) < 4.78 is 28.5. The molecule has 7 heteroatoms. The first-order chi connectivity index (χ1) is 12.5. The highest BCUT2D eigenvalue weighted by atomic mass is 32.2. The first kappa shape index (κ1) is 19.3. The van der Waals surface area contributed by atoms with Gasteiger partial charge in [-0.3, -0.25) is 4.79 Å². The summed E-state index contributed by atoms with van der Waals surface area (Å²) in [6.45, 7) is 4.66. The van der Waals surface area contributed by atoms with E-state index in [1.54, 1.807) is 4.31 Å². The van der Waals surface area contributed by atoms with Crippen LogP contribution in [0.5, 0.6) is 0 Å². The lowest BCUT2D eigenvalue weighted by atomic mass is 9.98. The fourth-order valence-corrected chi connectivity index (χ4v) is 5.45. The zero-order valence-electron chi connectivity index (χ0n) is 15.5. The molecule has 0 aromatic heterocycles. The number of nitrogens with one attached hydrogen (secondary N) is 1. The van der Waals surface area contributed by atoms with Crippen molar-refractivity contribution in [1.29, 1.82) is 0 Å². The Hall–Kier alpha value is -1.44. The number of hydrogen-bond acceptors (Lipinski definition) is 3. The summed E-state index contributed by atoms with van der Waals surface area (Å²) >= 11 is 0. The SMILES string of the molecule is Cc1ccc(CCNC(=O)[C@@H]2CCCN(S(=O)(=O)N3CCCC3)C2)cc1. The van der Waals surface area contributed by atoms with Gasteiger partial charge in [0.25, 0.3) is 10.2 Å². The maximum absolute atomic E-state index is 12.7. The smallest absolute Gasteiger partial charge is 0.281 e. The van der Waals surface area contributed by atoms with Gasteiger partial charge in [-0.1, -0.05) is 29.8 Å². The number of nitrogens with zero attached hydrogens (tertiary/aromatic N) is 2. The lowest BCUT2D eigenvalue weighted by Gasteiger charge is -2.33. The van der Waals surface area contributed by atoms with Gasteiger partial charge >= 0.3 is 0 Å². The molecule has 0 bridgehead atoms. The number of carbonyl (C=O) groups is 1. The van der Waals surface area contributed by atoms with E-state index in [1.165, 1.54) is 15.4 Å². The van der Waals surface area contributed by atoms with Crippen molar-refractivity contribution in [1.82, 2.24) is 13.9 Å². The molecule has 0 saturated carbocycles. The standard InChI is InChI=1S/C19H29N3O3S/c1-16-6-8-17(9-7-16)10-11-20-19(23)18-5-4-14-22(15-18)26(24,25)21-12-2-3-13-21/h6-9,18H,2-5,10-15H2,1H3,(H,20,23)/t18-/m1/s1. The van der Waals surface area contributed by atoms with Gasteiger partial charge in [0.15, 0.2) is 0 Å². The van der Waals surface area contributed by atoms with E-state index in [4.69, 9.17) is 0 Å². The van der Waals surface area contributed by atoms with Gasteiger partial charge in [0.1, 0.15) is 0 Å². The zero-order valence-corrected chi connectivity index (χ0v) is 16.3. The molecule has 2 heterocycles. The average molecular weight is 380 g/mol. The molecule has 1 amide bonds. The number of carbonyl (C=O) groups excluding carboxylic acids is 1. The number of aryl methyl sites for hydroxylation is 1. The minimum Gasteiger partial charge on any atom is -0.355 e. The largest absolute Gasteiger partial charge is 0.355 e. The summed E-state index contributed by atoms with van der Waals surface area (Å²) in [5, 5.41) is 2.98. The van der Waals surface area contributed by atoms with E-state index in [0.717, 1.165) is 32.1 Å². The summed E-state index contributed by atoms with van der Waals surface area (Å²) in [6.07, 6.45) is 4.13. The van der Waals surface area contributed by atoms with Gasteiger partial charge in [0, 0.05) is 32.7 Å². The molecular formula is C19H29N3O3S. The number of rotatable bonds is 6. The third-order valence-electron chi connectivity index (χ3n) is 5.31. The molecule has 1 aromatic carbocycles. The van der Waals surface area contributed by atoms with E-state index >= 15 is 0 Å². The molecule has 3 rings (SSSR count). The molecule has 6 nitrogen and oxygen atoms in total. The topological polar surface area (TPSA) is 69.7 Å². The Morgan fingerprint density at radius 2 is 1.73 bits per heavy atom. The predicted octanol–water partition coefficient (Wildman–Crippen LogP) is 1.71. The molecule has 1 N–H and O–H groups in total. The van der Waals surface area contributed by atoms with E-state index in [0.29, 0.717) is 32.7 Å². The fourth-order valence-electron chi connectivity index (χ4n) is 3.68. The molecule has 144 valence electrons. The van der Waals surface area contributed by atoms with Gasteiger partial charge in [-0.05, 0) is 44.6 Å². The normalized spacial score (nSPS) is 22.4. The molecule has 0 aliphatic carbocycles. The van der Waals surface area contributed by atoms with Crippen LogP contribution in [0.4, 0.5) is 0 Å². The summed E-state index contributed by atoms with van der Waals surface area (Å²) in [6, 6.07) is 8.29. The number of benzene rings is 1. The Kier molecular flexibility index (Phi) is 6.32. The summed E-state index contributed by atoms with van der Waals surface area (Å²) in [7, 11) is -3.41. The second-order valence-corrected chi connectivity index (χ2v) is 9.27. The second kappa shape index (κ2) is 8.50. The van der Waals surface area contributed by atoms with Crippen LogP contribution in [0.25, 0.3) is 0 Å². The molecule has 0 radical (unpaired) electrons. The molecule has 0 unspecified atom stereocenters. The highest BCUT2D eigenvalue weighted by Gasteiger charge is 2.36. The second-order valence-electron chi connectivity index (χ2n) is 7.34. The van der Waals surface area contributed by atoms with E-state index in [2.05, 4.69) is 36.5 Å². The Bertz CT molecular complexity index is 712. The van der Waals surface area contributed by atoms with Gasteiger partial charge in [0.05, 0.1) is 5.92 Å². The maximum atomic E-state index is 12.7. The van der Waals surface area contributed by atoms with Crippen molar-refractivity contribution in [3.05, 3.63) is 35.4 Å². The van der Waals surface area contributed by atoms with Crippen LogP contribution in [0.15, 0.2) is 24.3 Å². The monoisotopic (exact) mass is 379 g/mol. The quantitative estimate of drug-likeness (QED) is 0.818. The molecule has 0 spiro atoms. The van der Waals surface area contributed by atoms with Crippen molar-refractivity contribution >= 4 is 16.1 Å². The van der Waals surface area contributed by atoms with Crippen molar-refractivity contribution in [2.24, 2.45) is 5.92 Å². The fraction of sp³-hybridized carbons (Fsp3) is 0.632. The van der Waals surface area contributed by atoms with Crippen LogP contribution in [-0.4, -0.2) is 55.7 Å². The van der Waals surface area contributed by atoms with E-state index in [9.17, 15) is 13.2 Å². The summed E-state index contributed by atoms with van der Waals surface area (Å²) in [5.74, 6) is -0.280. The molecule has 2 aliphatic rings. The number of amides is 1. The van der Waals surface area contributed by atoms with Gasteiger partial charge < -0.3 is 5.32 Å². The predicted molar refractivity (Wildman–Crippen MR) is 102 cm³/mol. The molecule has 2 aliphatic heterocycles. The van der Waals surface area contributed by atoms with Crippen molar-refractivity contribution in [3.8, 4) is 0 Å². The Morgan fingerprint density at radius 3 is 2.42 bits per heavy atom. The lowest BCUT2D eigenvalue weighted by Crippen LogP contribution is -2.50. The average Bonchev–Trinajstić information content (AvgIpc) is 3.19. The third kappa shape index (κ3) is 4.64. The van der Waals surface area contributed by atoms with Crippen molar-refractivity contribution in [3.63, 3.8) is 0 Å². The molecule has 2 fully saturated rings. The third-order valence-corrected chi connectivity index (χ3v) is 7.31. The molecule has 2 saturated heterocycles. The minimum atomic E-state index is -3.41. The first-order valence-corrected chi connectivity index (χ1v) is 10.9. The lowest BCUT2D eigenvalue weighted by molar-refractivity contribution is -0.126. The van der Waals surface area contributed by atoms with Gasteiger partial charge in [-0.15, -0.1) is 0 Å². The Labute approximate surface area is 156 Å². The van der Waals surface area contributed by atoms with Crippen molar-refractivity contribution in [2.75, 3.05) is 32.7 Å². The van der Waals surface area contributed by atoms with Crippen LogP contribution in [0.3, 0.4) is 0 Å². The van der Waals surface area contributed by atoms with Crippen LogP contribution >= 0.6 is 0 Å². The van der Waals surface area contributed by atoms with Crippen LogP contribution in [0.2, 0.25) is 0 Å². The Morgan fingerprint density at radius 1 is 1.08 bits per heavy atom. The van der Waals surface area contributed by atoms with Crippen LogP contribution in [-0.2, 0) is 21.4 Å². The molecule has 26 heavy (non-hydrogen) atoms. The van der Waals surface area contributed by atoms with E-state index in [1.807, 2.05) is 0 Å². The number of hydrogen-bond donors (Lipinski definition) is 1. The molecule has 1 atom stereocenters. The minimum absolute atomic E-state index is 0.0292. The van der Waals surface area contributed by atoms with Crippen LogP contribution in [0, 0.1) is 12.8 Å². The number of piperidine rings is 1. The summed E-state index contributed by atoms with van der Waals surface area (Å²) in [4.78, 5) is 12.5. The van der Waals surface area contributed by atoms with E-state index in [-0.39, 0.29) is 11.8 Å². The first-order valence-electron chi connectivity index (χ1n) is 9.55. The molecular weight excluding hydrogens is 350 g/mol. The highest BCUT2D eigenvalue weighted by Crippen LogP contribution is 2.23. The van der Waals surface area contributed by atoms with Gasteiger partial charge in [-0.25, -0.2) is 0 Å². The van der Waals surface area contributed by atoms with Crippen LogP contribution in [0.1, 0.15) is 36.8 Å². The maximum Gasteiger partial charge on any atom is 0.281 e.